The molecule has 0 radical (unpaired) electrons. The van der Waals surface area contributed by atoms with Crippen LogP contribution in [0.5, 0.6) is 11.5 Å². The average Bonchev–Trinajstić information content (AvgIpc) is 2.69. The van der Waals surface area contributed by atoms with Crippen LogP contribution in [0.15, 0.2) is 53.6 Å². The van der Waals surface area contributed by atoms with Gasteiger partial charge in [0.15, 0.2) is 0 Å². The highest BCUT2D eigenvalue weighted by atomic mass is 16.5. The topological polar surface area (TPSA) is 89.0 Å². The van der Waals surface area contributed by atoms with E-state index in [9.17, 15) is 9.59 Å². The molecular weight excluding hydrogens is 346 g/mol. The number of carbonyl (C=O) groups excluding carboxylic acids is 2. The predicted octanol–water partition coefficient (Wildman–Crippen LogP) is 2.82. The monoisotopic (exact) mass is 369 g/mol. The lowest BCUT2D eigenvalue weighted by Gasteiger charge is -2.11. The minimum absolute atomic E-state index is 0.422. The SMILES string of the molecule is CCOc1ccc(C=NNC(=O)C(C)C(=O)Nc2ccc(OC)cc2)cc1. The summed E-state index contributed by atoms with van der Waals surface area (Å²) < 4.78 is 10.4. The van der Waals surface area contributed by atoms with Crippen molar-refractivity contribution < 1.29 is 19.1 Å². The first-order valence-electron chi connectivity index (χ1n) is 8.54. The summed E-state index contributed by atoms with van der Waals surface area (Å²) in [5.41, 5.74) is 3.76. The molecule has 2 aromatic rings. The molecule has 0 saturated heterocycles. The van der Waals surface area contributed by atoms with Gasteiger partial charge in [0.05, 0.1) is 19.9 Å². The maximum atomic E-state index is 12.2. The number of nitrogens with one attached hydrogen (secondary N) is 2. The number of carbonyl (C=O) groups is 2. The Hall–Kier alpha value is -3.35. The molecular formula is C20H23N3O4. The Morgan fingerprint density at radius 2 is 1.67 bits per heavy atom. The lowest BCUT2D eigenvalue weighted by Crippen LogP contribution is -2.34. The second-order valence-corrected chi connectivity index (χ2v) is 5.68. The Balaban J connectivity index is 1.85. The van der Waals surface area contributed by atoms with Gasteiger partial charge in [0.2, 0.25) is 5.91 Å². The molecule has 0 aliphatic rings. The van der Waals surface area contributed by atoms with Crippen molar-refractivity contribution in [3.8, 4) is 11.5 Å². The van der Waals surface area contributed by atoms with Crippen molar-refractivity contribution in [2.24, 2.45) is 11.0 Å². The fourth-order valence-corrected chi connectivity index (χ4v) is 2.13. The molecule has 2 N–H and O–H groups in total. The van der Waals surface area contributed by atoms with Crippen molar-refractivity contribution in [3.05, 3.63) is 54.1 Å². The largest absolute Gasteiger partial charge is 0.497 e. The van der Waals surface area contributed by atoms with Crippen LogP contribution < -0.4 is 20.2 Å². The van der Waals surface area contributed by atoms with Crippen molar-refractivity contribution in [1.29, 1.82) is 0 Å². The van der Waals surface area contributed by atoms with Gasteiger partial charge in [-0.1, -0.05) is 0 Å². The first-order valence-corrected chi connectivity index (χ1v) is 8.54. The van der Waals surface area contributed by atoms with E-state index in [0.717, 1.165) is 11.3 Å². The Morgan fingerprint density at radius 1 is 1.04 bits per heavy atom. The molecule has 2 amide bonds. The summed E-state index contributed by atoms with van der Waals surface area (Å²) in [7, 11) is 1.56. The van der Waals surface area contributed by atoms with Crippen LogP contribution in [0.3, 0.4) is 0 Å². The fraction of sp³-hybridized carbons (Fsp3) is 0.250. The van der Waals surface area contributed by atoms with E-state index in [1.165, 1.54) is 13.1 Å². The Kier molecular flexibility index (Phi) is 7.37. The maximum Gasteiger partial charge on any atom is 0.252 e. The normalized spacial score (nSPS) is 11.7. The molecule has 0 spiro atoms. The molecule has 142 valence electrons. The molecule has 0 aromatic heterocycles. The molecule has 27 heavy (non-hydrogen) atoms. The Labute approximate surface area is 158 Å². The van der Waals surface area contributed by atoms with Crippen LogP contribution in [0.4, 0.5) is 5.69 Å². The zero-order valence-electron chi connectivity index (χ0n) is 15.6. The number of rotatable bonds is 8. The van der Waals surface area contributed by atoms with Crippen molar-refractivity contribution >= 4 is 23.7 Å². The summed E-state index contributed by atoms with van der Waals surface area (Å²) in [4.78, 5) is 24.3. The fourth-order valence-electron chi connectivity index (χ4n) is 2.13. The average molecular weight is 369 g/mol. The lowest BCUT2D eigenvalue weighted by atomic mass is 10.1. The highest BCUT2D eigenvalue weighted by molar-refractivity contribution is 6.06. The van der Waals surface area contributed by atoms with Gasteiger partial charge >= 0.3 is 0 Å². The lowest BCUT2D eigenvalue weighted by molar-refractivity contribution is -0.131. The van der Waals surface area contributed by atoms with Crippen LogP contribution in [-0.4, -0.2) is 31.7 Å². The van der Waals surface area contributed by atoms with Gasteiger partial charge in [0.1, 0.15) is 17.4 Å². The maximum absolute atomic E-state index is 12.2. The number of hydrazone groups is 1. The van der Waals surface area contributed by atoms with Gasteiger partial charge in [-0.2, -0.15) is 5.10 Å². The highest BCUT2D eigenvalue weighted by Crippen LogP contribution is 2.16. The molecule has 2 aromatic carbocycles. The second kappa shape index (κ2) is 9.96. The van der Waals surface area contributed by atoms with Gasteiger partial charge < -0.3 is 14.8 Å². The zero-order chi connectivity index (χ0) is 19.6. The smallest absolute Gasteiger partial charge is 0.252 e. The van der Waals surface area contributed by atoms with E-state index in [0.29, 0.717) is 18.0 Å². The highest BCUT2D eigenvalue weighted by Gasteiger charge is 2.21. The molecule has 7 heteroatoms. The van der Waals surface area contributed by atoms with Crippen LogP contribution in [0.1, 0.15) is 19.4 Å². The molecule has 0 bridgehead atoms. The third kappa shape index (κ3) is 6.14. The molecule has 0 fully saturated rings. The minimum Gasteiger partial charge on any atom is -0.497 e. The molecule has 2 rings (SSSR count). The molecule has 0 heterocycles. The first kappa shape index (κ1) is 20.0. The number of nitrogens with zero attached hydrogens (tertiary/aromatic N) is 1. The van der Waals surface area contributed by atoms with Crippen molar-refractivity contribution in [1.82, 2.24) is 5.43 Å². The summed E-state index contributed by atoms with van der Waals surface area (Å²) in [6, 6.07) is 14.1. The third-order valence-electron chi connectivity index (χ3n) is 3.72. The number of hydrogen-bond acceptors (Lipinski definition) is 5. The van der Waals surface area contributed by atoms with E-state index in [1.807, 2.05) is 31.2 Å². The van der Waals surface area contributed by atoms with Gasteiger partial charge in [-0.3, -0.25) is 9.59 Å². The van der Waals surface area contributed by atoms with Crippen LogP contribution >= 0.6 is 0 Å². The zero-order valence-corrected chi connectivity index (χ0v) is 15.6. The Morgan fingerprint density at radius 3 is 2.26 bits per heavy atom. The molecule has 7 nitrogen and oxygen atoms in total. The second-order valence-electron chi connectivity index (χ2n) is 5.68. The summed E-state index contributed by atoms with van der Waals surface area (Å²) in [5.74, 6) is -0.369. The van der Waals surface area contributed by atoms with Gasteiger partial charge in [-0.15, -0.1) is 0 Å². The van der Waals surface area contributed by atoms with E-state index in [-0.39, 0.29) is 0 Å². The van der Waals surface area contributed by atoms with Crippen LogP contribution in [0.25, 0.3) is 0 Å². The van der Waals surface area contributed by atoms with Gasteiger partial charge in [-0.25, -0.2) is 5.43 Å². The van der Waals surface area contributed by atoms with E-state index in [2.05, 4.69) is 15.8 Å². The van der Waals surface area contributed by atoms with Crippen LogP contribution in [0, 0.1) is 5.92 Å². The van der Waals surface area contributed by atoms with Gasteiger partial charge in [0, 0.05) is 5.69 Å². The van der Waals surface area contributed by atoms with Crippen LogP contribution in [-0.2, 0) is 9.59 Å². The number of methoxy groups -OCH3 is 1. The number of benzene rings is 2. The number of anilines is 1. The minimum atomic E-state index is -0.899. The van der Waals surface area contributed by atoms with Crippen LogP contribution in [0.2, 0.25) is 0 Å². The van der Waals surface area contributed by atoms with E-state index in [1.54, 1.807) is 31.4 Å². The van der Waals surface area contributed by atoms with E-state index in [4.69, 9.17) is 9.47 Å². The number of amides is 2. The summed E-state index contributed by atoms with van der Waals surface area (Å²) >= 11 is 0. The van der Waals surface area contributed by atoms with Crippen molar-refractivity contribution in [2.45, 2.75) is 13.8 Å². The molecule has 1 unspecified atom stereocenters. The molecule has 0 saturated carbocycles. The third-order valence-corrected chi connectivity index (χ3v) is 3.72. The first-order chi connectivity index (χ1) is 13.0. The summed E-state index contributed by atoms with van der Waals surface area (Å²) in [6.07, 6.45) is 1.50. The number of ether oxygens (including phenoxy) is 2. The van der Waals surface area contributed by atoms with Crippen molar-refractivity contribution in [2.75, 3.05) is 19.0 Å². The van der Waals surface area contributed by atoms with Crippen molar-refractivity contribution in [3.63, 3.8) is 0 Å². The molecule has 1 atom stereocenters. The molecule has 0 aliphatic carbocycles. The summed E-state index contributed by atoms with van der Waals surface area (Å²) in [5, 5.41) is 6.57. The quantitative estimate of drug-likeness (QED) is 0.425. The summed E-state index contributed by atoms with van der Waals surface area (Å²) in [6.45, 7) is 4.03. The van der Waals surface area contributed by atoms with E-state index >= 15 is 0 Å². The Bertz CT molecular complexity index is 786. The standard InChI is InChI=1S/C20H23N3O4/c1-4-27-18-9-5-15(6-10-18)13-21-23-20(25)14(2)19(24)22-16-7-11-17(26-3)12-8-16/h5-14H,4H2,1-3H3,(H,22,24)(H,23,25). The van der Waals surface area contributed by atoms with Gasteiger partial charge in [0.25, 0.3) is 5.91 Å². The molecule has 0 aliphatic heterocycles. The van der Waals surface area contributed by atoms with E-state index < -0.39 is 17.7 Å². The predicted molar refractivity (Wildman–Crippen MR) is 104 cm³/mol. The van der Waals surface area contributed by atoms with Gasteiger partial charge in [-0.05, 0) is 67.9 Å². The number of hydrogen-bond donors (Lipinski definition) is 2.